The Morgan fingerprint density at radius 3 is 2.52 bits per heavy atom. The van der Waals surface area contributed by atoms with Crippen molar-refractivity contribution in [1.29, 1.82) is 5.26 Å². The number of carbonyl (C=O) groups excluding carboxylic acids is 2. The van der Waals surface area contributed by atoms with Gasteiger partial charge in [-0.05, 0) is 43.2 Å². The highest BCUT2D eigenvalue weighted by Gasteiger charge is 2.61. The minimum Gasteiger partial charge on any atom is -0.384 e. The number of nitrogens with zero attached hydrogens (tertiary/aromatic N) is 3. The van der Waals surface area contributed by atoms with E-state index in [1.807, 2.05) is 6.07 Å². The van der Waals surface area contributed by atoms with Gasteiger partial charge in [0.25, 0.3) is 0 Å². The number of nitriles is 1. The van der Waals surface area contributed by atoms with Crippen LogP contribution in [0.2, 0.25) is 0 Å². The van der Waals surface area contributed by atoms with Gasteiger partial charge in [-0.1, -0.05) is 18.2 Å². The molecular weight excluding hydrogens is 395 g/mol. The summed E-state index contributed by atoms with van der Waals surface area (Å²) in [6, 6.07) is 15.0. The zero-order valence-corrected chi connectivity index (χ0v) is 16.9. The number of allylic oxidation sites excluding steroid dienone is 1. The minimum absolute atomic E-state index is 0.0209. The zero-order chi connectivity index (χ0) is 21.9. The summed E-state index contributed by atoms with van der Waals surface area (Å²) in [6.45, 7) is 0. The lowest BCUT2D eigenvalue weighted by Crippen LogP contribution is -2.52. The van der Waals surface area contributed by atoms with Crippen molar-refractivity contribution in [3.8, 4) is 6.07 Å². The van der Waals surface area contributed by atoms with E-state index in [4.69, 9.17) is 5.73 Å². The summed E-state index contributed by atoms with van der Waals surface area (Å²) in [5.41, 5.74) is 7.68. The van der Waals surface area contributed by atoms with Crippen molar-refractivity contribution < 1.29 is 14.0 Å². The van der Waals surface area contributed by atoms with Crippen LogP contribution in [0.5, 0.6) is 0 Å². The van der Waals surface area contributed by atoms with Crippen LogP contribution in [-0.2, 0) is 15.0 Å². The Morgan fingerprint density at radius 2 is 1.81 bits per heavy atom. The van der Waals surface area contributed by atoms with Crippen LogP contribution in [0.3, 0.4) is 0 Å². The number of Topliss-reactive ketones (excluding diaryl/α,β-unsaturated/α-hetero) is 1. The number of halogens is 1. The number of benzene rings is 2. The molecule has 0 unspecified atom stereocenters. The molecule has 3 aliphatic rings. The molecule has 0 aromatic heterocycles. The van der Waals surface area contributed by atoms with Crippen LogP contribution >= 0.6 is 0 Å². The highest BCUT2D eigenvalue weighted by atomic mass is 19.1. The fourth-order valence-electron chi connectivity index (χ4n) is 5.12. The Labute approximate surface area is 178 Å². The number of para-hydroxylation sites is 1. The number of amides is 1. The zero-order valence-electron chi connectivity index (χ0n) is 16.9. The maximum Gasteiger partial charge on any atom is 0.247 e. The first kappa shape index (κ1) is 19.1. The van der Waals surface area contributed by atoms with Gasteiger partial charge < -0.3 is 10.6 Å². The third-order valence-electron chi connectivity index (χ3n) is 6.39. The molecule has 1 atom stereocenters. The van der Waals surface area contributed by atoms with Crippen molar-refractivity contribution in [1.82, 2.24) is 0 Å². The van der Waals surface area contributed by atoms with Gasteiger partial charge >= 0.3 is 0 Å². The maximum absolute atomic E-state index is 13.8. The van der Waals surface area contributed by atoms with E-state index < -0.39 is 11.2 Å². The van der Waals surface area contributed by atoms with Crippen LogP contribution in [0.15, 0.2) is 71.2 Å². The summed E-state index contributed by atoms with van der Waals surface area (Å²) in [5.74, 6) is -0.862. The van der Waals surface area contributed by atoms with Gasteiger partial charge in [-0.3, -0.25) is 14.5 Å². The van der Waals surface area contributed by atoms with E-state index in [1.54, 1.807) is 42.3 Å². The molecule has 1 amide bonds. The van der Waals surface area contributed by atoms with Crippen molar-refractivity contribution >= 4 is 23.1 Å². The second-order valence-corrected chi connectivity index (χ2v) is 7.91. The molecule has 0 saturated heterocycles. The van der Waals surface area contributed by atoms with Crippen molar-refractivity contribution in [2.45, 2.75) is 24.7 Å². The number of anilines is 2. The molecule has 7 heteroatoms. The summed E-state index contributed by atoms with van der Waals surface area (Å²) in [4.78, 5) is 30.3. The van der Waals surface area contributed by atoms with Crippen LogP contribution in [0.4, 0.5) is 15.8 Å². The fourth-order valence-corrected chi connectivity index (χ4v) is 5.12. The molecule has 2 aliphatic heterocycles. The van der Waals surface area contributed by atoms with Crippen LogP contribution in [0.25, 0.3) is 0 Å². The number of likely N-dealkylation sites (N-methyl/N-ethyl adjacent to an activating group) is 1. The van der Waals surface area contributed by atoms with Gasteiger partial charge in [0.15, 0.2) is 5.78 Å². The van der Waals surface area contributed by atoms with Gasteiger partial charge in [-0.15, -0.1) is 0 Å². The second-order valence-electron chi connectivity index (χ2n) is 7.91. The fraction of sp³-hybridized carbons (Fsp3) is 0.208. The van der Waals surface area contributed by atoms with Crippen molar-refractivity contribution in [2.75, 3.05) is 16.8 Å². The number of hydrogen-bond donors (Lipinski definition) is 1. The number of nitrogens with two attached hydrogens (primary N) is 1. The van der Waals surface area contributed by atoms with E-state index in [2.05, 4.69) is 6.07 Å². The number of fused-ring (bicyclic) bond motifs is 3. The highest BCUT2D eigenvalue weighted by molar-refractivity contribution is 6.20. The Hall–Kier alpha value is -3.92. The van der Waals surface area contributed by atoms with Gasteiger partial charge in [0.05, 0.1) is 5.57 Å². The lowest BCUT2D eigenvalue weighted by molar-refractivity contribution is -0.124. The van der Waals surface area contributed by atoms with Crippen LogP contribution < -0.4 is 15.5 Å². The molecule has 2 aromatic rings. The number of rotatable bonds is 1. The van der Waals surface area contributed by atoms with Gasteiger partial charge in [0.2, 0.25) is 5.91 Å². The predicted molar refractivity (Wildman–Crippen MR) is 113 cm³/mol. The second kappa shape index (κ2) is 6.54. The van der Waals surface area contributed by atoms with Crippen LogP contribution in [0.1, 0.15) is 24.8 Å². The molecule has 2 aromatic carbocycles. The smallest absolute Gasteiger partial charge is 0.247 e. The Morgan fingerprint density at radius 1 is 1.10 bits per heavy atom. The van der Waals surface area contributed by atoms with Gasteiger partial charge in [-0.2, -0.15) is 5.26 Å². The molecule has 2 heterocycles. The minimum atomic E-state index is -1.56. The molecule has 1 aliphatic carbocycles. The third-order valence-corrected chi connectivity index (χ3v) is 6.39. The molecule has 2 N–H and O–H groups in total. The van der Waals surface area contributed by atoms with Crippen LogP contribution in [0, 0.1) is 17.1 Å². The molecule has 0 radical (unpaired) electrons. The van der Waals surface area contributed by atoms with E-state index in [0.29, 0.717) is 41.1 Å². The van der Waals surface area contributed by atoms with Gasteiger partial charge in [-0.25, -0.2) is 4.39 Å². The van der Waals surface area contributed by atoms with Gasteiger partial charge in [0.1, 0.15) is 23.1 Å². The summed E-state index contributed by atoms with van der Waals surface area (Å²) in [7, 11) is 1.64. The summed E-state index contributed by atoms with van der Waals surface area (Å²) < 4.78 is 13.6. The van der Waals surface area contributed by atoms with E-state index in [-0.39, 0.29) is 29.5 Å². The maximum atomic E-state index is 13.8. The first-order valence-corrected chi connectivity index (χ1v) is 10.0. The van der Waals surface area contributed by atoms with Gasteiger partial charge in [0, 0.05) is 41.7 Å². The van der Waals surface area contributed by atoms with Crippen molar-refractivity contribution in [3.63, 3.8) is 0 Å². The molecule has 154 valence electrons. The lowest BCUT2D eigenvalue weighted by atomic mass is 9.64. The summed E-state index contributed by atoms with van der Waals surface area (Å²) in [5, 5.41) is 10.2. The van der Waals surface area contributed by atoms with E-state index >= 15 is 0 Å². The molecule has 5 rings (SSSR count). The molecule has 6 nitrogen and oxygen atoms in total. The average molecular weight is 414 g/mol. The SMILES string of the molecule is CN1C(=O)[C@@]2(C(C#N)=C(N)N(c3ccc(F)cc3)C3=C2C(=O)CCC3)c2ccccc21. The number of carbonyl (C=O) groups is 2. The van der Waals surface area contributed by atoms with E-state index in [1.165, 1.54) is 17.0 Å². The highest BCUT2D eigenvalue weighted by Crippen LogP contribution is 2.56. The van der Waals surface area contributed by atoms with Crippen molar-refractivity contribution in [2.24, 2.45) is 5.73 Å². The average Bonchev–Trinajstić information content (AvgIpc) is 2.98. The molecule has 1 spiro atoms. The molecule has 0 bridgehead atoms. The monoisotopic (exact) mass is 414 g/mol. The van der Waals surface area contributed by atoms with Crippen LogP contribution in [-0.4, -0.2) is 18.7 Å². The Balaban J connectivity index is 1.89. The Kier molecular flexibility index (Phi) is 4.02. The predicted octanol–water partition coefficient (Wildman–Crippen LogP) is 3.26. The van der Waals surface area contributed by atoms with E-state index in [0.717, 1.165) is 0 Å². The summed E-state index contributed by atoms with van der Waals surface area (Å²) in [6.07, 6.45) is 1.40. The van der Waals surface area contributed by atoms with E-state index in [9.17, 15) is 19.2 Å². The standard InChI is InChI=1S/C24H19FN4O2/c1-28-18-6-3-2-5-16(18)24(23(28)31)17(13-26)22(27)29(15-11-9-14(25)10-12-15)19-7-4-8-20(30)21(19)24/h2-3,5-6,9-12H,4,7-8,27H2,1H3/t24-/m1/s1. The lowest BCUT2D eigenvalue weighted by Gasteiger charge is -2.43. The Bertz CT molecular complexity index is 1260. The topological polar surface area (TPSA) is 90.4 Å². The number of hydrogen-bond acceptors (Lipinski definition) is 5. The molecule has 0 fully saturated rings. The first-order valence-electron chi connectivity index (χ1n) is 10.0. The normalized spacial score (nSPS) is 22.7. The molecule has 0 saturated carbocycles. The summed E-state index contributed by atoms with van der Waals surface area (Å²) >= 11 is 0. The third kappa shape index (κ3) is 2.30. The number of ketones is 1. The molecular formula is C24H19FN4O2. The largest absolute Gasteiger partial charge is 0.384 e. The molecule has 31 heavy (non-hydrogen) atoms. The quantitative estimate of drug-likeness (QED) is 0.774. The first-order chi connectivity index (χ1) is 14.9. The van der Waals surface area contributed by atoms with Crippen molar-refractivity contribution in [3.05, 3.63) is 82.6 Å².